The minimum absolute atomic E-state index is 0.0296. The number of rotatable bonds is 17. The third-order valence-electron chi connectivity index (χ3n) is 12.2. The molecule has 0 aliphatic carbocycles. The smallest absolute Gasteiger partial charge is 0.264 e. The van der Waals surface area contributed by atoms with Crippen LogP contribution >= 0.6 is 0 Å². The molecule has 2 fully saturated rings. The number of carbonyl (C=O) groups excluding carboxylic acids is 6. The molecule has 0 radical (unpaired) electrons. The first kappa shape index (κ1) is 43.7. The maximum atomic E-state index is 13.7. The average Bonchev–Trinajstić information content (AvgIpc) is 3.69. The molecule has 1 unspecified atom stereocenters. The number of anilines is 1. The van der Waals surface area contributed by atoms with E-state index in [2.05, 4.69) is 42.6 Å². The van der Waals surface area contributed by atoms with Gasteiger partial charge < -0.3 is 39.9 Å². The number of hydrogen-bond acceptors (Lipinski definition) is 11. The summed E-state index contributed by atoms with van der Waals surface area (Å²) in [4.78, 5) is 95.4. The van der Waals surface area contributed by atoms with Gasteiger partial charge in [0.1, 0.15) is 11.8 Å². The predicted octanol–water partition coefficient (Wildman–Crippen LogP) is 3.19. The van der Waals surface area contributed by atoms with Gasteiger partial charge in [-0.15, -0.1) is 0 Å². The van der Waals surface area contributed by atoms with Crippen molar-refractivity contribution in [2.75, 3.05) is 58.4 Å². The summed E-state index contributed by atoms with van der Waals surface area (Å²) in [5.41, 5.74) is 4.01. The number of pyridine rings is 1. The van der Waals surface area contributed by atoms with Crippen LogP contribution in [-0.4, -0.2) is 114 Å². The summed E-state index contributed by atoms with van der Waals surface area (Å²) in [6.07, 6.45) is 2.25. The highest BCUT2D eigenvalue weighted by atomic mass is 16.5. The summed E-state index contributed by atoms with van der Waals surface area (Å²) in [5, 5.41) is 12.1. The Morgan fingerprint density at radius 2 is 1.69 bits per heavy atom. The van der Waals surface area contributed by atoms with Crippen LogP contribution in [0.1, 0.15) is 93.1 Å². The van der Waals surface area contributed by atoms with Gasteiger partial charge in [-0.05, 0) is 83.3 Å². The van der Waals surface area contributed by atoms with E-state index in [1.54, 1.807) is 25.1 Å². The third-order valence-corrected chi connectivity index (χ3v) is 12.2. The first-order valence-electron chi connectivity index (χ1n) is 21.2. The molecule has 2 aromatic carbocycles. The number of piperidine rings is 2. The van der Waals surface area contributed by atoms with Gasteiger partial charge in [0.15, 0.2) is 0 Å². The number of fused-ring (bicyclic) bond motifs is 2. The molecule has 2 saturated heterocycles. The Morgan fingerprint density at radius 1 is 0.919 bits per heavy atom. The van der Waals surface area contributed by atoms with Gasteiger partial charge in [-0.3, -0.25) is 43.8 Å². The number of imide groups is 2. The number of aromatic amines is 1. The lowest BCUT2D eigenvalue weighted by atomic mass is 9.90. The van der Waals surface area contributed by atoms with Crippen molar-refractivity contribution in [1.82, 2.24) is 35.3 Å². The third kappa shape index (κ3) is 9.13. The van der Waals surface area contributed by atoms with Gasteiger partial charge in [0.25, 0.3) is 23.3 Å². The minimum Gasteiger partial charge on any atom is -0.496 e. The van der Waals surface area contributed by atoms with Gasteiger partial charge in [-0.25, -0.2) is 0 Å². The molecule has 5 N–H and O–H groups in total. The molecule has 17 heteroatoms. The van der Waals surface area contributed by atoms with Crippen molar-refractivity contribution in [2.24, 2.45) is 5.92 Å². The number of aryl methyl sites for hydroxylation is 1. The van der Waals surface area contributed by atoms with Crippen molar-refractivity contribution in [2.45, 2.75) is 71.5 Å². The van der Waals surface area contributed by atoms with Crippen molar-refractivity contribution in [3.05, 3.63) is 92.5 Å². The molecule has 2 aromatic heterocycles. The largest absolute Gasteiger partial charge is 0.496 e. The highest BCUT2D eigenvalue weighted by Gasteiger charge is 2.45. The fraction of sp³-hybridized carbons (Fsp3) is 0.444. The van der Waals surface area contributed by atoms with E-state index in [0.717, 1.165) is 54.0 Å². The second-order valence-corrected chi connectivity index (χ2v) is 16.1. The van der Waals surface area contributed by atoms with Crippen molar-refractivity contribution in [1.29, 1.82) is 0 Å². The molecule has 62 heavy (non-hydrogen) atoms. The molecule has 17 nitrogen and oxygen atoms in total. The molecule has 3 aliphatic heterocycles. The van der Waals surface area contributed by atoms with Gasteiger partial charge in [0, 0.05) is 66.5 Å². The van der Waals surface area contributed by atoms with E-state index in [9.17, 15) is 33.6 Å². The van der Waals surface area contributed by atoms with Crippen LogP contribution in [0.25, 0.3) is 10.9 Å². The van der Waals surface area contributed by atoms with Crippen LogP contribution in [-0.2, 0) is 25.7 Å². The highest BCUT2D eigenvalue weighted by Crippen LogP contribution is 2.36. The van der Waals surface area contributed by atoms with E-state index in [0.29, 0.717) is 47.3 Å². The number of nitrogens with one attached hydrogen (secondary N) is 5. The second kappa shape index (κ2) is 19.2. The Bertz CT molecular complexity index is 2450. The Kier molecular flexibility index (Phi) is 13.5. The standard InChI is InChI=1S/C45H54N8O9/c1-26-24-36(61-4)32(41(56)49-26)25-48-43(58)39-28(3)52(34-11-6-5-8-30(34)39)27(2)29-14-19-51(20-15-29)21-17-47-37(54)16-22-62-23-18-46-33-10-7-9-31-40(33)45(60)53(44(31)59)35-12-13-38(55)50-42(35)57/h5-11,24,27,29,35,46H,12-23,25H2,1-4H3,(H,47,54)(H,48,58)(H,49,56)(H,50,55,57)/t27-,35?/m1/s1. The van der Waals surface area contributed by atoms with Crippen LogP contribution in [0.5, 0.6) is 5.75 Å². The molecule has 6 amide bonds. The Hall–Kier alpha value is -6.33. The van der Waals surface area contributed by atoms with Crippen LogP contribution in [0.15, 0.2) is 53.3 Å². The van der Waals surface area contributed by atoms with Crippen molar-refractivity contribution < 1.29 is 38.2 Å². The lowest BCUT2D eigenvalue weighted by Crippen LogP contribution is -2.54. The van der Waals surface area contributed by atoms with E-state index >= 15 is 0 Å². The zero-order valence-electron chi connectivity index (χ0n) is 35.6. The van der Waals surface area contributed by atoms with Crippen molar-refractivity contribution in [3.8, 4) is 5.75 Å². The normalized spacial score (nSPS) is 17.5. The second-order valence-electron chi connectivity index (χ2n) is 16.1. The van der Waals surface area contributed by atoms with E-state index in [-0.39, 0.29) is 73.6 Å². The maximum Gasteiger partial charge on any atom is 0.264 e. The summed E-state index contributed by atoms with van der Waals surface area (Å²) < 4.78 is 13.4. The summed E-state index contributed by atoms with van der Waals surface area (Å²) in [6.45, 7) is 9.80. The zero-order valence-corrected chi connectivity index (χ0v) is 35.6. The highest BCUT2D eigenvalue weighted by molar-refractivity contribution is 6.25. The molecule has 7 rings (SSSR count). The van der Waals surface area contributed by atoms with Crippen molar-refractivity contribution in [3.63, 3.8) is 0 Å². The molecule has 2 atom stereocenters. The number of nitrogens with zero attached hydrogens (tertiary/aromatic N) is 3. The summed E-state index contributed by atoms with van der Waals surface area (Å²) in [5.74, 6) is -1.80. The number of hydrogen-bond donors (Lipinski definition) is 5. The quantitative estimate of drug-likeness (QED) is 0.0769. The Balaban J connectivity index is 0.822. The molecule has 4 aromatic rings. The van der Waals surface area contributed by atoms with Gasteiger partial charge in [-0.2, -0.15) is 0 Å². The number of benzene rings is 2. The number of methoxy groups -OCH3 is 1. The first-order chi connectivity index (χ1) is 29.9. The number of H-pyrrole nitrogens is 1. The fourth-order valence-electron chi connectivity index (χ4n) is 8.99. The van der Waals surface area contributed by atoms with Crippen molar-refractivity contribution >= 4 is 52.0 Å². The van der Waals surface area contributed by atoms with E-state index < -0.39 is 29.7 Å². The number of amides is 6. The molecule has 3 aliphatic rings. The summed E-state index contributed by atoms with van der Waals surface area (Å²) >= 11 is 0. The number of ether oxygens (including phenoxy) is 2. The van der Waals surface area contributed by atoms with Gasteiger partial charge in [-0.1, -0.05) is 24.3 Å². The molecule has 0 spiro atoms. The fourth-order valence-corrected chi connectivity index (χ4v) is 8.99. The summed E-state index contributed by atoms with van der Waals surface area (Å²) in [7, 11) is 1.50. The topological polar surface area (TPSA) is 213 Å². The van der Waals surface area contributed by atoms with E-state index in [4.69, 9.17) is 9.47 Å². The Morgan fingerprint density at radius 3 is 2.45 bits per heavy atom. The zero-order chi connectivity index (χ0) is 44.1. The lowest BCUT2D eigenvalue weighted by molar-refractivity contribution is -0.136. The minimum atomic E-state index is -1.04. The first-order valence-corrected chi connectivity index (χ1v) is 21.2. The lowest BCUT2D eigenvalue weighted by Gasteiger charge is -2.36. The molecule has 0 saturated carbocycles. The number of carbonyl (C=O) groups is 6. The monoisotopic (exact) mass is 850 g/mol. The van der Waals surface area contributed by atoms with Crippen LogP contribution in [0.2, 0.25) is 0 Å². The van der Waals surface area contributed by atoms with Gasteiger partial charge in [0.2, 0.25) is 17.7 Å². The van der Waals surface area contributed by atoms with Crippen LogP contribution in [0, 0.1) is 19.8 Å². The van der Waals surface area contributed by atoms with E-state index in [1.807, 2.05) is 31.2 Å². The summed E-state index contributed by atoms with van der Waals surface area (Å²) in [6, 6.07) is 13.6. The van der Waals surface area contributed by atoms with Gasteiger partial charge in [0.05, 0.1) is 49.1 Å². The maximum absolute atomic E-state index is 13.7. The number of para-hydroxylation sites is 1. The van der Waals surface area contributed by atoms with Crippen LogP contribution in [0.4, 0.5) is 5.69 Å². The predicted molar refractivity (Wildman–Crippen MR) is 230 cm³/mol. The average molecular weight is 851 g/mol. The molecular formula is C45H54N8O9. The van der Waals surface area contributed by atoms with Gasteiger partial charge >= 0.3 is 0 Å². The molecule has 328 valence electrons. The van der Waals surface area contributed by atoms with Crippen LogP contribution in [0.3, 0.4) is 0 Å². The van der Waals surface area contributed by atoms with E-state index in [1.165, 1.54) is 13.2 Å². The SMILES string of the molecule is COc1cc(C)[nH]c(=O)c1CNC(=O)c1c(C)n([C@H](C)C2CCN(CCNC(=O)CCOCCNc3cccc4c3C(=O)N(C3CCC(=O)NC3=O)C4=O)CC2)c2ccccc12. The molecule has 5 heterocycles. The van der Waals surface area contributed by atoms with Crippen LogP contribution < -0.4 is 31.6 Å². The molecule has 0 bridgehead atoms. The number of likely N-dealkylation sites (tertiary alicyclic amines) is 1. The molecular weight excluding hydrogens is 797 g/mol. The Labute approximate surface area is 358 Å². The number of aromatic nitrogens is 2.